The molecule has 3 fully saturated rings. The van der Waals surface area contributed by atoms with E-state index in [1.54, 1.807) is 0 Å². The van der Waals surface area contributed by atoms with E-state index in [1.807, 2.05) is 0 Å². The summed E-state index contributed by atoms with van der Waals surface area (Å²) < 4.78 is 0. The molecule has 2 saturated carbocycles. The standard InChI is InChI=1S/C16H30N2/c1-2-13-5-9-16(10-6-13)18-11-3-4-15(12-18)17-14-7-8-14/h13-17H,2-12H2,1H3. The topological polar surface area (TPSA) is 15.3 Å². The monoisotopic (exact) mass is 250 g/mol. The highest BCUT2D eigenvalue weighted by Gasteiger charge is 2.31. The van der Waals surface area contributed by atoms with Gasteiger partial charge in [-0.3, -0.25) is 4.90 Å². The lowest BCUT2D eigenvalue weighted by atomic mass is 9.83. The SMILES string of the molecule is CCC1CCC(N2CCCC(NC3CC3)C2)CC1. The minimum Gasteiger partial charge on any atom is -0.310 e. The Bertz CT molecular complexity index is 254. The van der Waals surface area contributed by atoms with E-state index in [1.165, 1.54) is 70.9 Å². The van der Waals surface area contributed by atoms with Gasteiger partial charge in [0, 0.05) is 24.7 Å². The first-order valence-corrected chi connectivity index (χ1v) is 8.35. The molecule has 0 aromatic carbocycles. The van der Waals surface area contributed by atoms with Gasteiger partial charge in [0.1, 0.15) is 0 Å². The van der Waals surface area contributed by atoms with Crippen LogP contribution in [-0.4, -0.2) is 36.1 Å². The molecule has 104 valence electrons. The minimum absolute atomic E-state index is 0.801. The van der Waals surface area contributed by atoms with Crippen LogP contribution in [0.2, 0.25) is 0 Å². The van der Waals surface area contributed by atoms with E-state index >= 15 is 0 Å². The lowest BCUT2D eigenvalue weighted by Gasteiger charge is -2.41. The zero-order chi connectivity index (χ0) is 12.4. The predicted molar refractivity (Wildman–Crippen MR) is 76.8 cm³/mol. The Balaban J connectivity index is 1.46. The summed E-state index contributed by atoms with van der Waals surface area (Å²) in [6.45, 7) is 5.06. The fourth-order valence-electron chi connectivity index (χ4n) is 3.98. The number of piperidine rings is 1. The molecule has 0 aromatic heterocycles. The molecule has 2 heteroatoms. The van der Waals surface area contributed by atoms with Crippen molar-refractivity contribution in [3.8, 4) is 0 Å². The summed E-state index contributed by atoms with van der Waals surface area (Å²) in [6.07, 6.45) is 13.0. The first-order valence-electron chi connectivity index (χ1n) is 8.35. The number of rotatable bonds is 4. The van der Waals surface area contributed by atoms with Crippen molar-refractivity contribution in [3.63, 3.8) is 0 Å². The Morgan fingerprint density at radius 2 is 1.72 bits per heavy atom. The fourth-order valence-corrected chi connectivity index (χ4v) is 3.98. The summed E-state index contributed by atoms with van der Waals surface area (Å²) in [5.74, 6) is 1.03. The van der Waals surface area contributed by atoms with Crippen LogP contribution in [0.1, 0.15) is 64.7 Å². The van der Waals surface area contributed by atoms with Crippen molar-refractivity contribution in [2.45, 2.75) is 82.8 Å². The van der Waals surface area contributed by atoms with E-state index in [4.69, 9.17) is 0 Å². The number of nitrogens with one attached hydrogen (secondary N) is 1. The van der Waals surface area contributed by atoms with Crippen LogP contribution >= 0.6 is 0 Å². The summed E-state index contributed by atoms with van der Waals surface area (Å²) in [4.78, 5) is 2.81. The molecule has 1 N–H and O–H groups in total. The van der Waals surface area contributed by atoms with Crippen LogP contribution in [0.15, 0.2) is 0 Å². The summed E-state index contributed by atoms with van der Waals surface area (Å²) in [5, 5.41) is 3.84. The zero-order valence-electron chi connectivity index (χ0n) is 12.0. The second-order valence-electron chi connectivity index (χ2n) is 6.86. The van der Waals surface area contributed by atoms with Crippen molar-refractivity contribution in [2.75, 3.05) is 13.1 Å². The van der Waals surface area contributed by atoms with Crippen LogP contribution in [0.25, 0.3) is 0 Å². The van der Waals surface area contributed by atoms with Gasteiger partial charge in [-0.1, -0.05) is 13.3 Å². The summed E-state index contributed by atoms with van der Waals surface area (Å²) in [7, 11) is 0. The van der Waals surface area contributed by atoms with Crippen LogP contribution in [0.3, 0.4) is 0 Å². The molecular formula is C16H30N2. The van der Waals surface area contributed by atoms with Gasteiger partial charge in [-0.05, 0) is 63.8 Å². The quantitative estimate of drug-likeness (QED) is 0.824. The fraction of sp³-hybridized carbons (Fsp3) is 1.00. The van der Waals surface area contributed by atoms with Crippen LogP contribution in [0.5, 0.6) is 0 Å². The van der Waals surface area contributed by atoms with Crippen molar-refractivity contribution in [2.24, 2.45) is 5.92 Å². The van der Waals surface area contributed by atoms with Gasteiger partial charge < -0.3 is 5.32 Å². The summed E-state index contributed by atoms with van der Waals surface area (Å²) >= 11 is 0. The van der Waals surface area contributed by atoms with Gasteiger partial charge in [-0.15, -0.1) is 0 Å². The van der Waals surface area contributed by atoms with Gasteiger partial charge in [-0.25, -0.2) is 0 Å². The van der Waals surface area contributed by atoms with Crippen LogP contribution in [0.4, 0.5) is 0 Å². The third-order valence-corrected chi connectivity index (χ3v) is 5.41. The molecule has 1 saturated heterocycles. The van der Waals surface area contributed by atoms with Gasteiger partial charge in [0.2, 0.25) is 0 Å². The molecule has 2 nitrogen and oxygen atoms in total. The Labute approximate surface area is 113 Å². The first-order chi connectivity index (χ1) is 8.85. The maximum Gasteiger partial charge on any atom is 0.0198 e. The van der Waals surface area contributed by atoms with Crippen LogP contribution in [-0.2, 0) is 0 Å². The largest absolute Gasteiger partial charge is 0.310 e. The molecule has 1 atom stereocenters. The van der Waals surface area contributed by atoms with Crippen LogP contribution < -0.4 is 5.32 Å². The summed E-state index contributed by atoms with van der Waals surface area (Å²) in [6, 6.07) is 2.59. The number of nitrogens with zero attached hydrogens (tertiary/aromatic N) is 1. The highest BCUT2D eigenvalue weighted by atomic mass is 15.2. The molecule has 18 heavy (non-hydrogen) atoms. The molecule has 3 aliphatic rings. The van der Waals surface area contributed by atoms with Crippen molar-refractivity contribution in [1.29, 1.82) is 0 Å². The van der Waals surface area contributed by atoms with Gasteiger partial charge in [0.05, 0.1) is 0 Å². The second-order valence-corrected chi connectivity index (χ2v) is 6.86. The Kier molecular flexibility index (Phi) is 4.25. The van der Waals surface area contributed by atoms with Gasteiger partial charge in [0.25, 0.3) is 0 Å². The Hall–Kier alpha value is -0.0800. The highest BCUT2D eigenvalue weighted by Crippen LogP contribution is 2.31. The van der Waals surface area contributed by atoms with E-state index < -0.39 is 0 Å². The average molecular weight is 250 g/mol. The third kappa shape index (κ3) is 3.27. The van der Waals surface area contributed by atoms with Gasteiger partial charge >= 0.3 is 0 Å². The third-order valence-electron chi connectivity index (χ3n) is 5.41. The van der Waals surface area contributed by atoms with Crippen molar-refractivity contribution < 1.29 is 0 Å². The van der Waals surface area contributed by atoms with E-state index in [0.29, 0.717) is 0 Å². The lowest BCUT2D eigenvalue weighted by Crippen LogP contribution is -2.50. The molecule has 2 aliphatic carbocycles. The van der Waals surface area contributed by atoms with Gasteiger partial charge in [0.15, 0.2) is 0 Å². The van der Waals surface area contributed by atoms with Crippen molar-refractivity contribution >= 4 is 0 Å². The van der Waals surface area contributed by atoms with E-state index in [2.05, 4.69) is 17.1 Å². The molecule has 0 spiro atoms. The van der Waals surface area contributed by atoms with E-state index in [9.17, 15) is 0 Å². The molecule has 0 aromatic rings. The zero-order valence-corrected chi connectivity index (χ0v) is 12.0. The predicted octanol–water partition coefficient (Wildman–Crippen LogP) is 3.17. The summed E-state index contributed by atoms with van der Waals surface area (Å²) in [5.41, 5.74) is 0. The molecule has 0 radical (unpaired) electrons. The average Bonchev–Trinajstić information content (AvgIpc) is 3.23. The van der Waals surface area contributed by atoms with E-state index in [-0.39, 0.29) is 0 Å². The molecule has 1 unspecified atom stereocenters. The minimum atomic E-state index is 0.801. The number of likely N-dealkylation sites (tertiary alicyclic amines) is 1. The maximum absolute atomic E-state index is 3.84. The molecule has 0 bridgehead atoms. The smallest absolute Gasteiger partial charge is 0.0198 e. The van der Waals surface area contributed by atoms with Crippen LogP contribution in [0, 0.1) is 5.92 Å². The molecule has 1 heterocycles. The Morgan fingerprint density at radius 1 is 0.944 bits per heavy atom. The number of hydrogen-bond acceptors (Lipinski definition) is 2. The highest BCUT2D eigenvalue weighted by molar-refractivity contribution is 4.90. The molecular weight excluding hydrogens is 220 g/mol. The molecule has 1 aliphatic heterocycles. The number of hydrogen-bond donors (Lipinski definition) is 1. The lowest BCUT2D eigenvalue weighted by molar-refractivity contribution is 0.0963. The van der Waals surface area contributed by atoms with Gasteiger partial charge in [-0.2, -0.15) is 0 Å². The van der Waals surface area contributed by atoms with Crippen molar-refractivity contribution in [1.82, 2.24) is 10.2 Å². The molecule has 3 rings (SSSR count). The normalized spacial score (nSPS) is 38.8. The first kappa shape index (κ1) is 12.9. The van der Waals surface area contributed by atoms with E-state index in [0.717, 1.165) is 24.0 Å². The maximum atomic E-state index is 3.84. The second kappa shape index (κ2) is 5.92. The molecule has 0 amide bonds. The van der Waals surface area contributed by atoms with Crippen molar-refractivity contribution in [3.05, 3.63) is 0 Å². The Morgan fingerprint density at radius 3 is 2.39 bits per heavy atom.